The van der Waals surface area contributed by atoms with Gasteiger partial charge in [0.05, 0.1) is 31.9 Å². The van der Waals surface area contributed by atoms with Gasteiger partial charge in [-0.3, -0.25) is 9.36 Å². The minimum absolute atomic E-state index is 0.0687. The minimum atomic E-state index is -3.26. The molecule has 0 rings (SSSR count). The maximum Gasteiger partial charge on any atom is 0.334 e. The molecule has 132 valence electrons. The number of hydrogen-bond acceptors (Lipinski definition) is 5. The van der Waals surface area contributed by atoms with Crippen molar-refractivity contribution in [2.45, 2.75) is 78.3 Å². The first-order valence-electron chi connectivity index (χ1n) is 8.54. The second kappa shape index (κ2) is 13.1. The SMILES string of the molecule is CCCCOC(=O)CC(C)P(=O)(OCCCC)OCCCC. The Morgan fingerprint density at radius 3 is 1.82 bits per heavy atom. The van der Waals surface area contributed by atoms with Gasteiger partial charge in [-0.05, 0) is 19.3 Å². The average molecular weight is 336 g/mol. The molecule has 0 amide bonds. The lowest BCUT2D eigenvalue weighted by atomic mass is 10.3. The summed E-state index contributed by atoms with van der Waals surface area (Å²) in [6, 6.07) is 0. The number of ether oxygens (including phenoxy) is 1. The van der Waals surface area contributed by atoms with E-state index in [0.29, 0.717) is 19.8 Å². The third kappa shape index (κ3) is 9.60. The maximum atomic E-state index is 12.9. The highest BCUT2D eigenvalue weighted by molar-refractivity contribution is 7.54. The van der Waals surface area contributed by atoms with E-state index in [1.807, 2.05) is 20.8 Å². The van der Waals surface area contributed by atoms with E-state index in [4.69, 9.17) is 13.8 Å². The van der Waals surface area contributed by atoms with Crippen molar-refractivity contribution in [3.05, 3.63) is 0 Å². The van der Waals surface area contributed by atoms with Gasteiger partial charge in [-0.25, -0.2) is 0 Å². The average Bonchev–Trinajstić information content (AvgIpc) is 2.48. The van der Waals surface area contributed by atoms with Gasteiger partial charge < -0.3 is 13.8 Å². The fourth-order valence-electron chi connectivity index (χ4n) is 1.71. The Hall–Kier alpha value is -0.380. The molecular formula is C16H33O5P. The first kappa shape index (κ1) is 21.6. The summed E-state index contributed by atoms with van der Waals surface area (Å²) in [6.07, 6.45) is 5.47. The van der Waals surface area contributed by atoms with Crippen molar-refractivity contribution >= 4 is 13.6 Å². The molecule has 5 nitrogen and oxygen atoms in total. The third-order valence-electron chi connectivity index (χ3n) is 3.30. The van der Waals surface area contributed by atoms with Crippen LogP contribution in [0.2, 0.25) is 0 Å². The van der Waals surface area contributed by atoms with Crippen LogP contribution < -0.4 is 0 Å². The van der Waals surface area contributed by atoms with Crippen LogP contribution in [0.4, 0.5) is 0 Å². The predicted octanol–water partition coefficient (Wildman–Crippen LogP) is 4.93. The van der Waals surface area contributed by atoms with Crippen LogP contribution in [-0.4, -0.2) is 31.4 Å². The third-order valence-corrected chi connectivity index (χ3v) is 5.65. The van der Waals surface area contributed by atoms with E-state index in [9.17, 15) is 9.36 Å². The van der Waals surface area contributed by atoms with Gasteiger partial charge in [0.2, 0.25) is 0 Å². The fourth-order valence-corrected chi connectivity index (χ4v) is 3.43. The summed E-state index contributed by atoms with van der Waals surface area (Å²) in [5.74, 6) is -0.334. The molecule has 0 aliphatic heterocycles. The summed E-state index contributed by atoms with van der Waals surface area (Å²) in [5.41, 5.74) is -0.477. The Kier molecular flexibility index (Phi) is 12.9. The van der Waals surface area contributed by atoms with Crippen molar-refractivity contribution in [3.63, 3.8) is 0 Å². The molecule has 0 bridgehead atoms. The van der Waals surface area contributed by atoms with Crippen LogP contribution >= 0.6 is 7.60 Å². The van der Waals surface area contributed by atoms with Crippen LogP contribution in [0.25, 0.3) is 0 Å². The summed E-state index contributed by atoms with van der Waals surface area (Å²) >= 11 is 0. The largest absolute Gasteiger partial charge is 0.466 e. The summed E-state index contributed by atoms with van der Waals surface area (Å²) in [5, 5.41) is 0. The second-order valence-electron chi connectivity index (χ2n) is 5.54. The van der Waals surface area contributed by atoms with E-state index < -0.39 is 13.3 Å². The predicted molar refractivity (Wildman–Crippen MR) is 89.3 cm³/mol. The van der Waals surface area contributed by atoms with Crippen molar-refractivity contribution in [2.24, 2.45) is 0 Å². The molecule has 1 unspecified atom stereocenters. The standard InChI is InChI=1S/C16H33O5P/c1-5-8-11-19-16(17)14-15(4)22(18,20-12-9-6-2)21-13-10-7-3/h15H,5-14H2,1-4H3. The molecule has 0 N–H and O–H groups in total. The first-order valence-corrected chi connectivity index (χ1v) is 10.2. The molecule has 0 aliphatic carbocycles. The van der Waals surface area contributed by atoms with Gasteiger partial charge in [0, 0.05) is 0 Å². The quantitative estimate of drug-likeness (QED) is 0.255. The molecule has 1 atom stereocenters. The van der Waals surface area contributed by atoms with Crippen molar-refractivity contribution in [1.29, 1.82) is 0 Å². The Morgan fingerprint density at radius 2 is 1.36 bits per heavy atom. The number of rotatable bonds is 14. The van der Waals surface area contributed by atoms with Gasteiger partial charge >= 0.3 is 13.6 Å². The Labute approximate surface area is 135 Å². The minimum Gasteiger partial charge on any atom is -0.466 e. The normalized spacial score (nSPS) is 13.1. The van der Waals surface area contributed by atoms with Crippen LogP contribution in [0, 0.1) is 0 Å². The summed E-state index contributed by atoms with van der Waals surface area (Å²) in [7, 11) is -3.26. The molecule has 0 fully saturated rings. The van der Waals surface area contributed by atoms with Gasteiger partial charge in [-0.15, -0.1) is 0 Å². The zero-order valence-electron chi connectivity index (χ0n) is 14.6. The lowest BCUT2D eigenvalue weighted by Crippen LogP contribution is -2.17. The number of carbonyl (C=O) groups is 1. The maximum absolute atomic E-state index is 12.9. The molecule has 0 aliphatic rings. The van der Waals surface area contributed by atoms with Gasteiger partial charge in [0.1, 0.15) is 0 Å². The number of hydrogen-bond donors (Lipinski definition) is 0. The van der Waals surface area contributed by atoms with Crippen molar-refractivity contribution in [3.8, 4) is 0 Å². The molecule has 22 heavy (non-hydrogen) atoms. The summed E-state index contributed by atoms with van der Waals surface area (Å²) in [4.78, 5) is 11.8. The number of esters is 1. The van der Waals surface area contributed by atoms with E-state index in [0.717, 1.165) is 38.5 Å². The monoisotopic (exact) mass is 336 g/mol. The zero-order valence-corrected chi connectivity index (χ0v) is 15.5. The number of carbonyl (C=O) groups excluding carboxylic acids is 1. The Bertz CT molecular complexity index is 318. The van der Waals surface area contributed by atoms with Crippen molar-refractivity contribution in [2.75, 3.05) is 19.8 Å². The molecule has 0 aromatic heterocycles. The fraction of sp³-hybridized carbons (Fsp3) is 0.938. The van der Waals surface area contributed by atoms with Gasteiger partial charge in [0.15, 0.2) is 0 Å². The summed E-state index contributed by atoms with van der Waals surface area (Å²) < 4.78 is 29.1. The van der Waals surface area contributed by atoms with Gasteiger partial charge in [0.25, 0.3) is 0 Å². The van der Waals surface area contributed by atoms with Crippen LogP contribution in [0.3, 0.4) is 0 Å². The van der Waals surface area contributed by atoms with Crippen LogP contribution in [0.5, 0.6) is 0 Å². The van der Waals surface area contributed by atoms with E-state index in [1.165, 1.54) is 0 Å². The lowest BCUT2D eigenvalue weighted by Gasteiger charge is -2.24. The van der Waals surface area contributed by atoms with E-state index >= 15 is 0 Å². The molecule has 0 aromatic carbocycles. The first-order chi connectivity index (χ1) is 10.5. The molecule has 0 spiro atoms. The molecule has 0 saturated heterocycles. The smallest absolute Gasteiger partial charge is 0.334 e. The molecule has 0 aromatic rings. The molecule has 0 saturated carbocycles. The Balaban J connectivity index is 4.48. The van der Waals surface area contributed by atoms with Gasteiger partial charge in [-0.2, -0.15) is 0 Å². The van der Waals surface area contributed by atoms with Gasteiger partial charge in [-0.1, -0.05) is 47.0 Å². The highest BCUT2D eigenvalue weighted by atomic mass is 31.2. The van der Waals surface area contributed by atoms with Crippen LogP contribution in [-0.2, 0) is 23.1 Å². The van der Waals surface area contributed by atoms with Crippen molar-refractivity contribution in [1.82, 2.24) is 0 Å². The van der Waals surface area contributed by atoms with Crippen molar-refractivity contribution < 1.29 is 23.1 Å². The van der Waals surface area contributed by atoms with E-state index in [1.54, 1.807) is 6.92 Å². The van der Waals surface area contributed by atoms with Crippen LogP contribution in [0.1, 0.15) is 72.6 Å². The Morgan fingerprint density at radius 1 is 0.909 bits per heavy atom. The topological polar surface area (TPSA) is 61.8 Å². The highest BCUT2D eigenvalue weighted by Crippen LogP contribution is 2.54. The molecule has 0 heterocycles. The lowest BCUT2D eigenvalue weighted by molar-refractivity contribution is -0.143. The number of unbranched alkanes of at least 4 members (excludes halogenated alkanes) is 3. The molecule has 0 radical (unpaired) electrons. The van der Waals surface area contributed by atoms with E-state index in [-0.39, 0.29) is 12.4 Å². The second-order valence-corrected chi connectivity index (χ2v) is 8.02. The zero-order chi connectivity index (χ0) is 16.8. The molecule has 6 heteroatoms. The summed E-state index contributed by atoms with van der Waals surface area (Å²) in [6.45, 7) is 9.07. The highest BCUT2D eigenvalue weighted by Gasteiger charge is 2.34. The van der Waals surface area contributed by atoms with E-state index in [2.05, 4.69) is 0 Å². The molecular weight excluding hydrogens is 303 g/mol. The van der Waals surface area contributed by atoms with Crippen LogP contribution in [0.15, 0.2) is 0 Å².